The lowest BCUT2D eigenvalue weighted by atomic mass is 10.1. The summed E-state index contributed by atoms with van der Waals surface area (Å²) in [4.78, 5) is 4.64. The molecule has 3 nitrogen and oxygen atoms in total. The molecule has 0 unspecified atom stereocenters. The van der Waals surface area contributed by atoms with Gasteiger partial charge in [-0.05, 0) is 37.1 Å². The van der Waals surface area contributed by atoms with Gasteiger partial charge in [-0.25, -0.2) is 13.8 Å². The molecule has 2 heterocycles. The van der Waals surface area contributed by atoms with Crippen LogP contribution in [0.4, 0.5) is 13.2 Å². The Hall–Kier alpha value is -1.86. The molecule has 3 rings (SSSR count). The highest BCUT2D eigenvalue weighted by atomic mass is 79.9. The van der Waals surface area contributed by atoms with Crippen LogP contribution in [-0.2, 0) is 13.2 Å². The Morgan fingerprint density at radius 1 is 1.19 bits per heavy atom. The van der Waals surface area contributed by atoms with Crippen LogP contribution in [0.5, 0.6) is 0 Å². The molecule has 1 N–H and O–H groups in total. The van der Waals surface area contributed by atoms with Gasteiger partial charge in [-0.15, -0.1) is 0 Å². The normalized spacial score (nSPS) is 15.0. The second kappa shape index (κ2) is 9.37. The van der Waals surface area contributed by atoms with E-state index in [0.717, 1.165) is 28.3 Å². The lowest BCUT2D eigenvalue weighted by Gasteiger charge is -2.14. The summed E-state index contributed by atoms with van der Waals surface area (Å²) in [5.74, 6) is -2.06. The molecule has 2 aromatic rings. The van der Waals surface area contributed by atoms with Crippen LogP contribution < -0.4 is 0 Å². The number of alkyl halides is 3. The Morgan fingerprint density at radius 2 is 1.85 bits per heavy atom. The molecule has 1 aliphatic rings. The molecule has 0 radical (unpaired) electrons. The van der Waals surface area contributed by atoms with Gasteiger partial charge in [0.2, 0.25) is 5.92 Å². The number of aromatic nitrogens is 2. The molecule has 0 fully saturated rings. The summed E-state index contributed by atoms with van der Waals surface area (Å²) in [7, 11) is 0.500. The molecule has 0 saturated carbocycles. The van der Waals surface area contributed by atoms with Gasteiger partial charge in [-0.1, -0.05) is 40.2 Å². The zero-order valence-electron chi connectivity index (χ0n) is 15.2. The Bertz CT molecular complexity index is 821. The van der Waals surface area contributed by atoms with Crippen molar-refractivity contribution in [2.24, 2.45) is 0 Å². The zero-order chi connectivity index (χ0) is 20.0. The van der Waals surface area contributed by atoms with Gasteiger partial charge < -0.3 is 9.67 Å². The number of fused-ring (bicyclic) bond motifs is 1. The van der Waals surface area contributed by atoms with Crippen molar-refractivity contribution < 1.29 is 18.3 Å². The molecular formula is C20H22BrF3N2O. The first kappa shape index (κ1) is 21.4. The molecule has 0 aliphatic carbocycles. The molecule has 0 spiro atoms. The first-order valence-corrected chi connectivity index (χ1v) is 9.25. The first-order valence-electron chi connectivity index (χ1n) is 8.46. The third-order valence-corrected chi connectivity index (χ3v) is 4.62. The molecule has 1 aliphatic heterocycles. The fourth-order valence-electron chi connectivity index (χ4n) is 3.00. The van der Waals surface area contributed by atoms with Gasteiger partial charge in [0, 0.05) is 23.0 Å². The second-order valence-electron chi connectivity index (χ2n) is 6.23. The number of aliphatic hydroxyl groups is 1. The minimum Gasteiger partial charge on any atom is -0.390 e. The van der Waals surface area contributed by atoms with Gasteiger partial charge in [0.1, 0.15) is 5.82 Å². The minimum absolute atomic E-state index is 0.129. The van der Waals surface area contributed by atoms with Crippen molar-refractivity contribution in [2.75, 3.05) is 7.18 Å². The number of imidazole rings is 1. The molecule has 146 valence electrons. The summed E-state index contributed by atoms with van der Waals surface area (Å²) in [5.41, 5.74) is 2.98. The monoisotopic (exact) mass is 442 g/mol. The fourth-order valence-corrected chi connectivity index (χ4v) is 3.26. The van der Waals surface area contributed by atoms with Crippen molar-refractivity contribution in [3.8, 4) is 11.3 Å². The Kier molecular flexibility index (Phi) is 7.44. The van der Waals surface area contributed by atoms with Crippen LogP contribution in [0.3, 0.4) is 0 Å². The van der Waals surface area contributed by atoms with Crippen molar-refractivity contribution in [1.29, 1.82) is 0 Å². The maximum atomic E-state index is 13.3. The van der Waals surface area contributed by atoms with Crippen molar-refractivity contribution in [3.05, 3.63) is 58.0 Å². The lowest BCUT2D eigenvalue weighted by molar-refractivity contribution is 0.0234. The number of aliphatic hydroxyl groups excluding tert-OH is 1. The number of nitrogens with zero attached hydrogens (tertiary/aromatic N) is 2. The maximum Gasteiger partial charge on any atom is 0.249 e. The molecule has 27 heavy (non-hydrogen) atoms. The van der Waals surface area contributed by atoms with E-state index in [9.17, 15) is 18.3 Å². The van der Waals surface area contributed by atoms with Crippen LogP contribution in [0.15, 0.2) is 46.5 Å². The maximum absolute atomic E-state index is 13.3. The number of rotatable bonds is 4. The molecule has 0 amide bonds. The largest absolute Gasteiger partial charge is 0.390 e. The van der Waals surface area contributed by atoms with Gasteiger partial charge >= 0.3 is 0 Å². The Labute approximate surface area is 165 Å². The summed E-state index contributed by atoms with van der Waals surface area (Å²) in [6.07, 6.45) is 5.61. The quantitative estimate of drug-likeness (QED) is 0.651. The standard InChI is InChI=1S/C19H19BrF2N2O.CH3F/c1-19(21,22)11-13-3-2-10-24-16(12-25)18(23-17(24)9-4-13)14-5-7-15(20)8-6-14;1-2/h3-9,25H,2,10-12H2,1H3;1H3/b9-4-,13-3?;. The van der Waals surface area contributed by atoms with Gasteiger partial charge in [0.05, 0.1) is 25.2 Å². The van der Waals surface area contributed by atoms with Crippen molar-refractivity contribution >= 4 is 22.0 Å². The summed E-state index contributed by atoms with van der Waals surface area (Å²) in [6.45, 7) is 1.39. The van der Waals surface area contributed by atoms with E-state index in [1.54, 1.807) is 12.2 Å². The number of hydrogen-bond acceptors (Lipinski definition) is 2. The van der Waals surface area contributed by atoms with Crippen LogP contribution in [0.25, 0.3) is 17.3 Å². The average Bonchev–Trinajstić information content (AvgIpc) is 2.96. The second-order valence-corrected chi connectivity index (χ2v) is 7.15. The zero-order valence-corrected chi connectivity index (χ0v) is 16.8. The fraction of sp³-hybridized carbons (Fsp3) is 0.350. The third kappa shape index (κ3) is 5.56. The predicted octanol–water partition coefficient (Wildman–Crippen LogP) is 5.78. The molecule has 1 aromatic carbocycles. The van der Waals surface area contributed by atoms with Gasteiger partial charge in [0.15, 0.2) is 0 Å². The molecule has 1 aromatic heterocycles. The highest BCUT2D eigenvalue weighted by Crippen LogP contribution is 2.29. The van der Waals surface area contributed by atoms with E-state index in [1.165, 1.54) is 0 Å². The van der Waals surface area contributed by atoms with E-state index in [2.05, 4.69) is 20.9 Å². The molecule has 0 atom stereocenters. The minimum atomic E-state index is -2.73. The summed E-state index contributed by atoms with van der Waals surface area (Å²) in [5, 5.41) is 9.84. The molecule has 0 saturated heterocycles. The lowest BCUT2D eigenvalue weighted by Crippen LogP contribution is -2.11. The van der Waals surface area contributed by atoms with Crippen LogP contribution >= 0.6 is 15.9 Å². The smallest absolute Gasteiger partial charge is 0.249 e. The Morgan fingerprint density at radius 3 is 2.44 bits per heavy atom. The topological polar surface area (TPSA) is 38.0 Å². The first-order chi connectivity index (χ1) is 12.9. The van der Waals surface area contributed by atoms with Crippen LogP contribution in [0.2, 0.25) is 0 Å². The molecular weight excluding hydrogens is 421 g/mol. The Balaban J connectivity index is 0.00000126. The predicted molar refractivity (Wildman–Crippen MR) is 105 cm³/mol. The van der Waals surface area contributed by atoms with Gasteiger partial charge in [0.25, 0.3) is 0 Å². The van der Waals surface area contributed by atoms with Gasteiger partial charge in [-0.2, -0.15) is 0 Å². The average molecular weight is 443 g/mol. The number of halogens is 4. The van der Waals surface area contributed by atoms with E-state index in [1.807, 2.05) is 34.9 Å². The molecule has 0 bridgehead atoms. The third-order valence-electron chi connectivity index (χ3n) is 4.09. The van der Waals surface area contributed by atoms with E-state index in [0.29, 0.717) is 31.5 Å². The van der Waals surface area contributed by atoms with Crippen LogP contribution in [-0.4, -0.2) is 27.8 Å². The molecule has 7 heteroatoms. The van der Waals surface area contributed by atoms with Crippen molar-refractivity contribution in [3.63, 3.8) is 0 Å². The van der Waals surface area contributed by atoms with E-state index < -0.39 is 5.92 Å². The summed E-state index contributed by atoms with van der Waals surface area (Å²) >= 11 is 3.41. The highest BCUT2D eigenvalue weighted by Gasteiger charge is 2.23. The van der Waals surface area contributed by atoms with Crippen LogP contribution in [0, 0.1) is 0 Å². The SMILES string of the molecule is CC(F)(F)CC1=CCCn2c(nc(-c3ccc(Br)cc3)c2CO)/C=C\1.CF. The van der Waals surface area contributed by atoms with E-state index in [4.69, 9.17) is 0 Å². The van der Waals surface area contributed by atoms with Gasteiger partial charge in [-0.3, -0.25) is 4.39 Å². The van der Waals surface area contributed by atoms with E-state index >= 15 is 0 Å². The highest BCUT2D eigenvalue weighted by molar-refractivity contribution is 9.10. The van der Waals surface area contributed by atoms with E-state index in [-0.39, 0.29) is 13.0 Å². The summed E-state index contributed by atoms with van der Waals surface area (Å²) in [6, 6.07) is 7.72. The number of hydrogen-bond donors (Lipinski definition) is 1. The number of benzene rings is 1. The summed E-state index contributed by atoms with van der Waals surface area (Å²) < 4.78 is 39.0. The van der Waals surface area contributed by atoms with Crippen molar-refractivity contribution in [2.45, 2.75) is 38.8 Å². The van der Waals surface area contributed by atoms with Crippen molar-refractivity contribution in [1.82, 2.24) is 9.55 Å². The number of allylic oxidation sites excluding steroid dienone is 3. The van der Waals surface area contributed by atoms with Crippen LogP contribution in [0.1, 0.15) is 31.3 Å².